The Kier molecular flexibility index (Phi) is 3.26. The van der Waals surface area contributed by atoms with Crippen LogP contribution in [0.5, 0.6) is 5.75 Å². The Morgan fingerprint density at radius 3 is 2.47 bits per heavy atom. The Hall–Kier alpha value is -2.06. The van der Waals surface area contributed by atoms with Crippen LogP contribution < -0.4 is 5.73 Å². The Balaban J connectivity index is 3.37. The van der Waals surface area contributed by atoms with Gasteiger partial charge in [-0.05, 0) is 12.1 Å². The number of nitrogens with two attached hydrogens (primary N) is 1. The van der Waals surface area contributed by atoms with Gasteiger partial charge < -0.3 is 15.9 Å². The highest BCUT2D eigenvalue weighted by atomic mass is 32.1. The molecule has 0 aromatic heterocycles. The molecular weight excluding hydrogens is 212 g/mol. The lowest BCUT2D eigenvalue weighted by Crippen LogP contribution is -2.12. The number of nitrogens with zero attached hydrogens (tertiary/aromatic N) is 1. The quantitative estimate of drug-likeness (QED) is 0.304. The molecule has 0 bridgehead atoms. The molecule has 1 aromatic carbocycles. The van der Waals surface area contributed by atoms with Gasteiger partial charge in [0.05, 0.1) is 5.56 Å². The monoisotopic (exact) mass is 220 g/mol. The smallest absolute Gasteiger partial charge is 0.147 e. The fourth-order valence-electron chi connectivity index (χ4n) is 1.03. The molecule has 0 saturated carbocycles. The Bertz CT molecular complexity index is 475. The zero-order valence-corrected chi connectivity index (χ0v) is 8.45. The number of nitriles is 1. The highest BCUT2D eigenvalue weighted by Crippen LogP contribution is 2.24. The van der Waals surface area contributed by atoms with Crippen molar-refractivity contribution in [1.29, 1.82) is 5.26 Å². The minimum atomic E-state index is -0.414. The topological polar surface area (TPSA) is 90.3 Å². The van der Waals surface area contributed by atoms with Gasteiger partial charge in [0, 0.05) is 0 Å². The van der Waals surface area contributed by atoms with Gasteiger partial charge in [-0.25, -0.2) is 0 Å². The molecule has 1 aromatic rings. The van der Waals surface area contributed by atoms with Gasteiger partial charge in [0.15, 0.2) is 0 Å². The first-order valence-corrected chi connectivity index (χ1v) is 4.40. The lowest BCUT2D eigenvalue weighted by atomic mass is 10.1. The van der Waals surface area contributed by atoms with Crippen molar-refractivity contribution in [2.24, 2.45) is 5.73 Å². The molecule has 0 aliphatic rings. The van der Waals surface area contributed by atoms with Crippen LogP contribution in [0.1, 0.15) is 5.56 Å². The van der Waals surface area contributed by atoms with E-state index in [2.05, 4.69) is 12.2 Å². The van der Waals surface area contributed by atoms with Crippen molar-refractivity contribution in [3.8, 4) is 11.8 Å². The fourth-order valence-corrected chi connectivity index (χ4v) is 1.18. The van der Waals surface area contributed by atoms with Gasteiger partial charge in [0.2, 0.25) is 0 Å². The molecular formula is C10H8N2O2S. The minimum Gasteiger partial charge on any atom is -0.507 e. The van der Waals surface area contributed by atoms with E-state index >= 15 is 0 Å². The number of aromatic hydroxyl groups is 1. The van der Waals surface area contributed by atoms with Crippen molar-refractivity contribution in [2.75, 3.05) is 0 Å². The van der Waals surface area contributed by atoms with Crippen molar-refractivity contribution in [1.82, 2.24) is 0 Å². The molecule has 4 N–H and O–H groups in total. The zero-order chi connectivity index (χ0) is 11.4. The number of phenolic OH excluding ortho intramolecular Hbond substituents is 1. The van der Waals surface area contributed by atoms with E-state index in [1.165, 1.54) is 12.1 Å². The molecule has 0 atom stereocenters. The van der Waals surface area contributed by atoms with Crippen LogP contribution in [-0.2, 0) is 0 Å². The SMILES string of the molecule is N#CC(C(N)=S)=C(O)c1ccccc1O. The third kappa shape index (κ3) is 2.24. The lowest BCUT2D eigenvalue weighted by Gasteiger charge is -2.04. The van der Waals surface area contributed by atoms with Crippen LogP contribution in [0.2, 0.25) is 0 Å². The van der Waals surface area contributed by atoms with Crippen molar-refractivity contribution in [3.05, 3.63) is 35.4 Å². The number of para-hydroxylation sites is 1. The first kappa shape index (κ1) is 11.0. The Morgan fingerprint density at radius 2 is 2.00 bits per heavy atom. The molecule has 0 amide bonds. The van der Waals surface area contributed by atoms with Crippen molar-refractivity contribution < 1.29 is 10.2 Å². The third-order valence-corrected chi connectivity index (χ3v) is 1.96. The average Bonchev–Trinajstić information content (AvgIpc) is 2.18. The highest BCUT2D eigenvalue weighted by Gasteiger charge is 2.13. The molecule has 0 fully saturated rings. The maximum Gasteiger partial charge on any atom is 0.147 e. The summed E-state index contributed by atoms with van der Waals surface area (Å²) in [6, 6.07) is 7.73. The normalized spacial score (nSPS) is 11.4. The summed E-state index contributed by atoms with van der Waals surface area (Å²) in [5.74, 6) is -0.554. The second-order valence-corrected chi connectivity index (χ2v) is 3.16. The van der Waals surface area contributed by atoms with Crippen molar-refractivity contribution in [3.63, 3.8) is 0 Å². The van der Waals surface area contributed by atoms with Gasteiger partial charge in [-0.2, -0.15) is 5.26 Å². The molecule has 0 aliphatic carbocycles. The average molecular weight is 220 g/mol. The van der Waals surface area contributed by atoms with E-state index in [0.717, 1.165) is 0 Å². The van der Waals surface area contributed by atoms with Crippen molar-refractivity contribution in [2.45, 2.75) is 0 Å². The number of hydrogen-bond donors (Lipinski definition) is 3. The summed E-state index contributed by atoms with van der Waals surface area (Å²) in [5.41, 5.74) is 5.16. The van der Waals surface area contributed by atoms with Crippen LogP contribution in [0.25, 0.3) is 5.76 Å². The van der Waals surface area contributed by atoms with Crippen LogP contribution in [-0.4, -0.2) is 15.2 Å². The van der Waals surface area contributed by atoms with Gasteiger partial charge in [0.1, 0.15) is 28.1 Å². The molecule has 0 saturated heterocycles. The Morgan fingerprint density at radius 1 is 1.40 bits per heavy atom. The highest BCUT2D eigenvalue weighted by molar-refractivity contribution is 7.80. The molecule has 0 heterocycles. The van der Waals surface area contributed by atoms with Crippen LogP contribution in [0, 0.1) is 11.3 Å². The van der Waals surface area contributed by atoms with Gasteiger partial charge in [0.25, 0.3) is 0 Å². The van der Waals surface area contributed by atoms with E-state index in [0.29, 0.717) is 0 Å². The molecule has 0 unspecified atom stereocenters. The first-order chi connectivity index (χ1) is 7.07. The third-order valence-electron chi connectivity index (χ3n) is 1.75. The fraction of sp³-hybridized carbons (Fsp3) is 0. The van der Waals surface area contributed by atoms with E-state index in [1.54, 1.807) is 18.2 Å². The van der Waals surface area contributed by atoms with Crippen LogP contribution in [0.15, 0.2) is 29.8 Å². The van der Waals surface area contributed by atoms with Crippen LogP contribution in [0.4, 0.5) is 0 Å². The molecule has 76 valence electrons. The first-order valence-electron chi connectivity index (χ1n) is 3.99. The summed E-state index contributed by atoms with van der Waals surface area (Å²) in [4.78, 5) is -0.210. The van der Waals surface area contributed by atoms with E-state index in [9.17, 15) is 10.2 Å². The van der Waals surface area contributed by atoms with Crippen molar-refractivity contribution >= 4 is 23.0 Å². The van der Waals surface area contributed by atoms with Crippen LogP contribution >= 0.6 is 12.2 Å². The summed E-state index contributed by atoms with van der Waals surface area (Å²) >= 11 is 4.59. The number of aliphatic hydroxyl groups excluding tert-OH is 1. The summed E-state index contributed by atoms with van der Waals surface area (Å²) < 4.78 is 0. The number of aliphatic hydroxyl groups is 1. The predicted octanol–water partition coefficient (Wildman–Crippen LogP) is 1.47. The second-order valence-electron chi connectivity index (χ2n) is 2.72. The summed E-state index contributed by atoms with van der Waals surface area (Å²) in [6.45, 7) is 0. The molecule has 0 spiro atoms. The molecule has 15 heavy (non-hydrogen) atoms. The maximum atomic E-state index is 9.66. The molecule has 1 rings (SSSR count). The summed E-state index contributed by atoms with van der Waals surface area (Å²) in [6.07, 6.45) is 0. The standard InChI is InChI=1S/C10H8N2O2S/c11-5-7(10(12)15)9(14)6-3-1-2-4-8(6)13/h1-4,13-14H,(H2,12,15). The molecule has 5 heteroatoms. The number of rotatable bonds is 2. The lowest BCUT2D eigenvalue weighted by molar-refractivity contribution is 0.460. The second kappa shape index (κ2) is 4.44. The predicted molar refractivity (Wildman–Crippen MR) is 60.1 cm³/mol. The zero-order valence-electron chi connectivity index (χ0n) is 7.64. The number of benzene rings is 1. The van der Waals surface area contributed by atoms with Gasteiger partial charge in [-0.1, -0.05) is 24.4 Å². The Labute approximate surface area is 91.9 Å². The van der Waals surface area contributed by atoms with Gasteiger partial charge >= 0.3 is 0 Å². The van der Waals surface area contributed by atoms with E-state index in [4.69, 9.17) is 11.0 Å². The van der Waals surface area contributed by atoms with Gasteiger partial charge in [-0.15, -0.1) is 0 Å². The number of hydrogen-bond acceptors (Lipinski definition) is 4. The van der Waals surface area contributed by atoms with E-state index in [-0.39, 0.29) is 21.9 Å². The van der Waals surface area contributed by atoms with Gasteiger partial charge in [-0.3, -0.25) is 0 Å². The van der Waals surface area contributed by atoms with Crippen LogP contribution in [0.3, 0.4) is 0 Å². The summed E-state index contributed by atoms with van der Waals surface area (Å²) in [5, 5.41) is 27.8. The molecule has 4 nitrogen and oxygen atoms in total. The number of thiocarbonyl (C=S) groups is 1. The summed E-state index contributed by atoms with van der Waals surface area (Å²) in [7, 11) is 0. The minimum absolute atomic E-state index is 0.127. The number of phenols is 1. The molecule has 0 radical (unpaired) electrons. The molecule has 0 aliphatic heterocycles. The maximum absolute atomic E-state index is 9.66. The van der Waals surface area contributed by atoms with E-state index < -0.39 is 5.76 Å². The van der Waals surface area contributed by atoms with E-state index in [1.807, 2.05) is 0 Å². The largest absolute Gasteiger partial charge is 0.507 e.